The number of ether oxygens (including phenoxy) is 3. The molecular formula is C21H26O6. The molecule has 0 spiro atoms. The Bertz CT molecular complexity index is 775. The van der Waals surface area contributed by atoms with Gasteiger partial charge in [0.1, 0.15) is 0 Å². The molecule has 1 heterocycles. The lowest BCUT2D eigenvalue weighted by atomic mass is 9.93. The minimum atomic E-state index is -0.666. The van der Waals surface area contributed by atoms with Crippen LogP contribution < -0.4 is 9.47 Å². The summed E-state index contributed by atoms with van der Waals surface area (Å²) in [7, 11) is 3.01. The summed E-state index contributed by atoms with van der Waals surface area (Å²) in [5, 5.41) is 30.1. The molecule has 1 fully saturated rings. The van der Waals surface area contributed by atoms with Crippen molar-refractivity contribution in [1.29, 1.82) is 0 Å². The molecule has 6 nitrogen and oxygen atoms in total. The summed E-state index contributed by atoms with van der Waals surface area (Å²) in [6, 6.07) is 10.3. The van der Waals surface area contributed by atoms with E-state index < -0.39 is 6.10 Å². The first-order chi connectivity index (χ1) is 13.0. The van der Waals surface area contributed by atoms with Gasteiger partial charge in [-0.15, -0.1) is 0 Å². The molecule has 0 unspecified atom stereocenters. The largest absolute Gasteiger partial charge is 0.504 e. The number of phenols is 2. The lowest BCUT2D eigenvalue weighted by Crippen LogP contribution is -2.35. The maximum atomic E-state index is 10.7. The highest BCUT2D eigenvalue weighted by Gasteiger charge is 2.29. The van der Waals surface area contributed by atoms with E-state index in [4.69, 9.17) is 14.2 Å². The molecule has 1 saturated heterocycles. The Balaban J connectivity index is 1.68. The van der Waals surface area contributed by atoms with Crippen LogP contribution in [-0.2, 0) is 11.2 Å². The summed E-state index contributed by atoms with van der Waals surface area (Å²) in [6.45, 7) is 0. The van der Waals surface area contributed by atoms with Gasteiger partial charge >= 0.3 is 0 Å². The van der Waals surface area contributed by atoms with Gasteiger partial charge in [0.15, 0.2) is 23.0 Å². The SMILES string of the molecule is COc1cc(C[C@H](O)[C@@H]2CCC[C@H](c3ccc(O)c(OC)c3)O2)ccc1O. The molecule has 3 rings (SSSR count). The Hall–Kier alpha value is -2.44. The Morgan fingerprint density at radius 3 is 2.37 bits per heavy atom. The van der Waals surface area contributed by atoms with Gasteiger partial charge in [-0.25, -0.2) is 0 Å². The van der Waals surface area contributed by atoms with Crippen molar-refractivity contribution < 1.29 is 29.5 Å². The number of hydrogen-bond acceptors (Lipinski definition) is 6. The first-order valence-corrected chi connectivity index (χ1v) is 9.08. The lowest BCUT2D eigenvalue weighted by Gasteiger charge is -2.33. The summed E-state index contributed by atoms with van der Waals surface area (Å²) >= 11 is 0. The molecule has 0 bridgehead atoms. The van der Waals surface area contributed by atoms with Crippen molar-refractivity contribution in [3.63, 3.8) is 0 Å². The Morgan fingerprint density at radius 1 is 1.00 bits per heavy atom. The summed E-state index contributed by atoms with van der Waals surface area (Å²) in [6.07, 6.45) is 1.87. The molecule has 3 N–H and O–H groups in total. The maximum Gasteiger partial charge on any atom is 0.160 e. The highest BCUT2D eigenvalue weighted by Crippen LogP contribution is 2.37. The monoisotopic (exact) mass is 374 g/mol. The van der Waals surface area contributed by atoms with E-state index in [9.17, 15) is 15.3 Å². The quantitative estimate of drug-likeness (QED) is 0.719. The zero-order chi connectivity index (χ0) is 19.4. The molecule has 1 aliphatic rings. The molecule has 3 atom stereocenters. The van der Waals surface area contributed by atoms with Gasteiger partial charge in [-0.05, 0) is 54.7 Å². The topological polar surface area (TPSA) is 88.4 Å². The molecule has 0 aromatic heterocycles. The average molecular weight is 374 g/mol. The third kappa shape index (κ3) is 4.46. The minimum absolute atomic E-state index is 0.0750. The fourth-order valence-corrected chi connectivity index (χ4v) is 3.50. The molecule has 1 aliphatic heterocycles. The number of aliphatic hydroxyl groups is 1. The maximum absolute atomic E-state index is 10.7. The lowest BCUT2D eigenvalue weighted by molar-refractivity contribution is -0.107. The summed E-state index contributed by atoms with van der Waals surface area (Å²) in [5.74, 6) is 0.967. The molecule has 0 amide bonds. The number of aliphatic hydroxyl groups excluding tert-OH is 1. The predicted molar refractivity (Wildman–Crippen MR) is 100 cm³/mol. The van der Waals surface area contributed by atoms with Crippen LogP contribution in [0.25, 0.3) is 0 Å². The van der Waals surface area contributed by atoms with Gasteiger partial charge in [0.05, 0.1) is 32.5 Å². The second-order valence-electron chi connectivity index (χ2n) is 6.80. The smallest absolute Gasteiger partial charge is 0.160 e. The third-order valence-corrected chi connectivity index (χ3v) is 4.99. The fraction of sp³-hybridized carbons (Fsp3) is 0.429. The second-order valence-corrected chi connectivity index (χ2v) is 6.80. The van der Waals surface area contributed by atoms with Crippen LogP contribution in [0.2, 0.25) is 0 Å². The van der Waals surface area contributed by atoms with Crippen molar-refractivity contribution in [1.82, 2.24) is 0 Å². The van der Waals surface area contributed by atoms with Gasteiger partial charge in [-0.2, -0.15) is 0 Å². The molecule has 0 radical (unpaired) electrons. The van der Waals surface area contributed by atoms with E-state index in [0.717, 1.165) is 30.4 Å². The van der Waals surface area contributed by atoms with Crippen LogP contribution in [0.3, 0.4) is 0 Å². The number of rotatable bonds is 6. The van der Waals surface area contributed by atoms with Gasteiger partial charge in [0.25, 0.3) is 0 Å². The van der Waals surface area contributed by atoms with E-state index in [1.165, 1.54) is 14.2 Å². The zero-order valence-electron chi connectivity index (χ0n) is 15.6. The number of phenolic OH excluding ortho intramolecular Hbond substituents is 2. The number of methoxy groups -OCH3 is 2. The van der Waals surface area contributed by atoms with E-state index in [1.54, 1.807) is 30.3 Å². The molecule has 0 saturated carbocycles. The number of benzene rings is 2. The third-order valence-electron chi connectivity index (χ3n) is 4.99. The fourth-order valence-electron chi connectivity index (χ4n) is 3.50. The van der Waals surface area contributed by atoms with Crippen LogP contribution in [0.1, 0.15) is 36.5 Å². The van der Waals surface area contributed by atoms with Crippen molar-refractivity contribution in [3.8, 4) is 23.0 Å². The summed E-state index contributed by atoms with van der Waals surface area (Å²) in [4.78, 5) is 0. The molecule has 2 aromatic carbocycles. The van der Waals surface area contributed by atoms with Gasteiger partial charge < -0.3 is 29.5 Å². The highest BCUT2D eigenvalue weighted by atomic mass is 16.5. The van der Waals surface area contributed by atoms with Crippen LogP contribution >= 0.6 is 0 Å². The van der Waals surface area contributed by atoms with Gasteiger partial charge in [-0.3, -0.25) is 0 Å². The van der Waals surface area contributed by atoms with Crippen molar-refractivity contribution in [3.05, 3.63) is 47.5 Å². The van der Waals surface area contributed by atoms with Gasteiger partial charge in [0.2, 0.25) is 0 Å². The normalized spacial score (nSPS) is 20.9. The van der Waals surface area contributed by atoms with Crippen molar-refractivity contribution in [2.45, 2.75) is 44.0 Å². The molecule has 2 aromatic rings. The molecular weight excluding hydrogens is 348 g/mol. The van der Waals surface area contributed by atoms with Crippen LogP contribution in [0.4, 0.5) is 0 Å². The molecule has 146 valence electrons. The van der Waals surface area contributed by atoms with Crippen LogP contribution in [0.5, 0.6) is 23.0 Å². The second kappa shape index (κ2) is 8.50. The highest BCUT2D eigenvalue weighted by molar-refractivity contribution is 5.43. The van der Waals surface area contributed by atoms with Gasteiger partial charge in [0, 0.05) is 6.42 Å². The minimum Gasteiger partial charge on any atom is -0.504 e. The van der Waals surface area contributed by atoms with E-state index in [-0.39, 0.29) is 23.7 Å². The Kier molecular flexibility index (Phi) is 6.08. The first kappa shape index (κ1) is 19.3. The van der Waals surface area contributed by atoms with Crippen molar-refractivity contribution in [2.24, 2.45) is 0 Å². The number of hydrogen-bond donors (Lipinski definition) is 3. The Morgan fingerprint density at radius 2 is 1.67 bits per heavy atom. The van der Waals surface area contributed by atoms with E-state index in [2.05, 4.69) is 0 Å². The predicted octanol–water partition coefficient (Wildman–Crippen LogP) is 3.33. The zero-order valence-corrected chi connectivity index (χ0v) is 15.6. The molecule has 27 heavy (non-hydrogen) atoms. The summed E-state index contributed by atoms with van der Waals surface area (Å²) < 4.78 is 16.5. The van der Waals surface area contributed by atoms with Gasteiger partial charge in [-0.1, -0.05) is 12.1 Å². The first-order valence-electron chi connectivity index (χ1n) is 9.08. The molecule has 6 heteroatoms. The Labute approximate surface area is 158 Å². The molecule has 0 aliphatic carbocycles. The van der Waals surface area contributed by atoms with Crippen LogP contribution in [0.15, 0.2) is 36.4 Å². The standard InChI is InChI=1S/C21H26O6/c1-25-20-11-13(6-8-15(20)22)10-17(24)19-5-3-4-18(27-19)14-7-9-16(23)21(12-14)26-2/h6-9,11-12,17-19,22-24H,3-5,10H2,1-2H3/t17-,18+,19-/m0/s1. The van der Waals surface area contributed by atoms with Crippen molar-refractivity contribution >= 4 is 0 Å². The van der Waals surface area contributed by atoms with E-state index in [1.807, 2.05) is 6.07 Å². The van der Waals surface area contributed by atoms with E-state index >= 15 is 0 Å². The van der Waals surface area contributed by atoms with Crippen LogP contribution in [-0.4, -0.2) is 41.7 Å². The van der Waals surface area contributed by atoms with Crippen molar-refractivity contribution in [2.75, 3.05) is 14.2 Å². The summed E-state index contributed by atoms with van der Waals surface area (Å²) in [5.41, 5.74) is 1.79. The number of aromatic hydroxyl groups is 2. The average Bonchev–Trinajstić information content (AvgIpc) is 2.69. The van der Waals surface area contributed by atoms with Crippen LogP contribution in [0, 0.1) is 0 Å². The van der Waals surface area contributed by atoms with E-state index in [0.29, 0.717) is 17.9 Å².